The Labute approximate surface area is 129 Å². The Balaban J connectivity index is 2.10. The third-order valence-electron chi connectivity index (χ3n) is 4.40. The predicted octanol–water partition coefficient (Wildman–Crippen LogP) is 5.40. The smallest absolute Gasteiger partial charge is 0.107 e. The number of aromatic nitrogens is 2. The van der Waals surface area contributed by atoms with E-state index in [4.69, 9.17) is 0 Å². The van der Waals surface area contributed by atoms with Crippen molar-refractivity contribution in [3.63, 3.8) is 0 Å². The van der Waals surface area contributed by atoms with Crippen molar-refractivity contribution in [2.45, 2.75) is 53.9 Å². The first-order valence-electron chi connectivity index (χ1n) is 7.87. The summed E-state index contributed by atoms with van der Waals surface area (Å²) in [6.45, 7) is 15.0. The van der Waals surface area contributed by atoms with Crippen LogP contribution in [0, 0.1) is 11.3 Å². The van der Waals surface area contributed by atoms with Gasteiger partial charge >= 0.3 is 0 Å². The third-order valence-corrected chi connectivity index (χ3v) is 4.40. The second-order valence-corrected chi connectivity index (χ2v) is 7.28. The molecule has 1 aliphatic carbocycles. The molecule has 21 heavy (non-hydrogen) atoms. The molecule has 0 radical (unpaired) electrons. The number of nitrogens with zero attached hydrogens (tertiary/aromatic N) is 1. The van der Waals surface area contributed by atoms with Gasteiger partial charge in [-0.15, -0.1) is 0 Å². The van der Waals surface area contributed by atoms with Gasteiger partial charge in [0.1, 0.15) is 5.82 Å². The zero-order valence-corrected chi connectivity index (χ0v) is 14.1. The highest BCUT2D eigenvalue weighted by Crippen LogP contribution is 2.30. The van der Waals surface area contributed by atoms with Crippen LogP contribution in [0.5, 0.6) is 0 Å². The second kappa shape index (κ2) is 6.05. The zero-order chi connectivity index (χ0) is 15.6. The summed E-state index contributed by atoms with van der Waals surface area (Å²) in [4.78, 5) is 8.15. The number of imidazole rings is 1. The molecular weight excluding hydrogens is 256 g/mol. The molecule has 1 heterocycles. The SMILES string of the molecule is C=Cc1nc(CCC2C=C(C)C2)[nH]c1/C=C(\C)C(C)(C)C. The van der Waals surface area contributed by atoms with Crippen molar-refractivity contribution >= 4 is 12.2 Å². The highest BCUT2D eigenvalue weighted by molar-refractivity contribution is 5.61. The van der Waals surface area contributed by atoms with Crippen molar-refractivity contribution in [3.05, 3.63) is 41.0 Å². The molecule has 0 fully saturated rings. The van der Waals surface area contributed by atoms with E-state index in [0.29, 0.717) is 0 Å². The molecular formula is C19H28N2. The molecule has 2 rings (SSSR count). The van der Waals surface area contributed by atoms with Gasteiger partial charge in [0.25, 0.3) is 0 Å². The lowest BCUT2D eigenvalue weighted by Crippen LogP contribution is -2.09. The normalized spacial score (nSPS) is 19.2. The lowest BCUT2D eigenvalue weighted by molar-refractivity contribution is 0.508. The largest absolute Gasteiger partial charge is 0.342 e. The summed E-state index contributed by atoms with van der Waals surface area (Å²) in [5.74, 6) is 1.83. The summed E-state index contributed by atoms with van der Waals surface area (Å²) in [6.07, 6.45) is 9.88. The monoisotopic (exact) mass is 284 g/mol. The summed E-state index contributed by atoms with van der Waals surface area (Å²) in [5, 5.41) is 0. The third kappa shape index (κ3) is 3.96. The number of nitrogens with one attached hydrogen (secondary N) is 1. The molecule has 2 nitrogen and oxygen atoms in total. The minimum atomic E-state index is 0.179. The molecule has 1 aromatic rings. The van der Waals surface area contributed by atoms with E-state index in [1.54, 1.807) is 0 Å². The Kier molecular flexibility index (Phi) is 4.55. The van der Waals surface area contributed by atoms with E-state index < -0.39 is 0 Å². The van der Waals surface area contributed by atoms with Gasteiger partial charge in [-0.05, 0) is 50.2 Å². The zero-order valence-electron chi connectivity index (χ0n) is 14.1. The first-order chi connectivity index (χ1) is 9.79. The minimum Gasteiger partial charge on any atom is -0.342 e. The van der Waals surface area contributed by atoms with Crippen molar-refractivity contribution in [2.75, 3.05) is 0 Å². The molecule has 0 aliphatic heterocycles. The van der Waals surface area contributed by atoms with E-state index in [1.807, 2.05) is 6.08 Å². The van der Waals surface area contributed by atoms with E-state index in [1.165, 1.54) is 24.0 Å². The fourth-order valence-corrected chi connectivity index (χ4v) is 2.56. The first-order valence-corrected chi connectivity index (χ1v) is 7.87. The number of hydrogen-bond donors (Lipinski definition) is 1. The van der Waals surface area contributed by atoms with E-state index in [-0.39, 0.29) is 5.41 Å². The van der Waals surface area contributed by atoms with Crippen LogP contribution in [-0.2, 0) is 6.42 Å². The van der Waals surface area contributed by atoms with Crippen LogP contribution in [0.4, 0.5) is 0 Å². The molecule has 0 spiro atoms. The van der Waals surface area contributed by atoms with E-state index in [2.05, 4.69) is 63.3 Å². The van der Waals surface area contributed by atoms with Gasteiger partial charge < -0.3 is 4.98 Å². The highest BCUT2D eigenvalue weighted by atomic mass is 14.9. The molecule has 1 N–H and O–H groups in total. The molecule has 2 heteroatoms. The molecule has 1 aromatic heterocycles. The molecule has 0 amide bonds. The topological polar surface area (TPSA) is 28.7 Å². The molecule has 0 bridgehead atoms. The van der Waals surface area contributed by atoms with Crippen LogP contribution in [0.25, 0.3) is 12.2 Å². The number of H-pyrrole nitrogens is 1. The Morgan fingerprint density at radius 2 is 2.14 bits per heavy atom. The van der Waals surface area contributed by atoms with Gasteiger partial charge in [0.05, 0.1) is 11.4 Å². The summed E-state index contributed by atoms with van der Waals surface area (Å²) in [7, 11) is 0. The van der Waals surface area contributed by atoms with Gasteiger partial charge in [-0.25, -0.2) is 4.98 Å². The van der Waals surface area contributed by atoms with Crippen LogP contribution < -0.4 is 0 Å². The van der Waals surface area contributed by atoms with Crippen LogP contribution in [-0.4, -0.2) is 9.97 Å². The number of aromatic amines is 1. The van der Waals surface area contributed by atoms with Crippen LogP contribution in [0.1, 0.15) is 64.7 Å². The molecule has 0 saturated heterocycles. The standard InChI is InChI=1S/C19H28N2/c1-7-16-17(12-14(3)19(4,5)6)21-18(20-16)9-8-15-10-13(2)11-15/h7,10,12,15H,1,8-9,11H2,2-6H3,(H,20,21)/b14-12+. The van der Waals surface area contributed by atoms with E-state index >= 15 is 0 Å². The Bertz CT molecular complexity index is 579. The van der Waals surface area contributed by atoms with Gasteiger partial charge in [-0.1, -0.05) is 44.6 Å². The second-order valence-electron chi connectivity index (χ2n) is 7.28. The van der Waals surface area contributed by atoms with Crippen LogP contribution >= 0.6 is 0 Å². The molecule has 0 aromatic carbocycles. The summed E-state index contributed by atoms with van der Waals surface area (Å²) in [5.41, 5.74) is 5.11. The van der Waals surface area contributed by atoms with Gasteiger partial charge in [0.2, 0.25) is 0 Å². The van der Waals surface area contributed by atoms with Crippen LogP contribution in [0.3, 0.4) is 0 Å². The van der Waals surface area contributed by atoms with Crippen molar-refractivity contribution in [1.82, 2.24) is 9.97 Å². The molecule has 1 unspecified atom stereocenters. The minimum absolute atomic E-state index is 0.179. The van der Waals surface area contributed by atoms with E-state index in [9.17, 15) is 0 Å². The summed E-state index contributed by atoms with van der Waals surface area (Å²) < 4.78 is 0. The fourth-order valence-electron chi connectivity index (χ4n) is 2.56. The average molecular weight is 284 g/mol. The molecule has 1 atom stereocenters. The molecule has 0 saturated carbocycles. The summed E-state index contributed by atoms with van der Waals surface area (Å²) >= 11 is 0. The number of rotatable bonds is 5. The Morgan fingerprint density at radius 1 is 1.48 bits per heavy atom. The molecule has 114 valence electrons. The molecule has 1 aliphatic rings. The number of aryl methyl sites for hydroxylation is 1. The van der Waals surface area contributed by atoms with Gasteiger partial charge in [0, 0.05) is 6.42 Å². The van der Waals surface area contributed by atoms with Crippen LogP contribution in [0.2, 0.25) is 0 Å². The van der Waals surface area contributed by atoms with Gasteiger partial charge in [0.15, 0.2) is 0 Å². The quantitative estimate of drug-likeness (QED) is 0.720. The van der Waals surface area contributed by atoms with Crippen molar-refractivity contribution in [3.8, 4) is 0 Å². The van der Waals surface area contributed by atoms with Crippen molar-refractivity contribution in [1.29, 1.82) is 0 Å². The van der Waals surface area contributed by atoms with Crippen LogP contribution in [0.15, 0.2) is 23.8 Å². The maximum atomic E-state index is 4.67. The Hall–Kier alpha value is -1.57. The fraction of sp³-hybridized carbons (Fsp3) is 0.526. The average Bonchev–Trinajstić information content (AvgIpc) is 2.74. The highest BCUT2D eigenvalue weighted by Gasteiger charge is 2.17. The lowest BCUT2D eigenvalue weighted by Gasteiger charge is -2.22. The number of hydrogen-bond acceptors (Lipinski definition) is 1. The van der Waals surface area contributed by atoms with Crippen molar-refractivity contribution < 1.29 is 0 Å². The van der Waals surface area contributed by atoms with Gasteiger partial charge in [-0.3, -0.25) is 0 Å². The first kappa shape index (κ1) is 15.8. The van der Waals surface area contributed by atoms with Crippen molar-refractivity contribution in [2.24, 2.45) is 11.3 Å². The number of allylic oxidation sites excluding steroid dienone is 3. The van der Waals surface area contributed by atoms with E-state index in [0.717, 1.165) is 29.6 Å². The lowest BCUT2D eigenvalue weighted by atomic mass is 9.84. The summed E-state index contributed by atoms with van der Waals surface area (Å²) in [6, 6.07) is 0. The maximum absolute atomic E-state index is 4.67. The van der Waals surface area contributed by atoms with Gasteiger partial charge in [-0.2, -0.15) is 0 Å². The maximum Gasteiger partial charge on any atom is 0.107 e. The Morgan fingerprint density at radius 3 is 2.67 bits per heavy atom. The predicted molar refractivity (Wildman–Crippen MR) is 92.0 cm³/mol.